The predicted molar refractivity (Wildman–Crippen MR) is 140 cm³/mol. The fourth-order valence-corrected chi connectivity index (χ4v) is 5.54. The number of aliphatic hydroxyl groups excluding tert-OH is 1. The number of carbonyl (C=O) groups excluding carboxylic acids is 2. The van der Waals surface area contributed by atoms with Crippen molar-refractivity contribution >= 4 is 61.6 Å². The number of fused-ring (bicyclic) bond motifs is 1. The maximum Gasteiger partial charge on any atom is 0.327 e. The molecule has 0 spiro atoms. The quantitative estimate of drug-likeness (QED) is 0.400. The summed E-state index contributed by atoms with van der Waals surface area (Å²) in [6, 6.07) is 13.6. The first-order valence-electron chi connectivity index (χ1n) is 10.9. The molecule has 192 valence electrons. The van der Waals surface area contributed by atoms with Crippen LogP contribution in [0.3, 0.4) is 0 Å². The Hall–Kier alpha value is -2.85. The van der Waals surface area contributed by atoms with Crippen LogP contribution in [-0.2, 0) is 19.6 Å². The Labute approximate surface area is 219 Å². The highest BCUT2D eigenvalue weighted by Gasteiger charge is 2.30. The topological polar surface area (TPSA) is 113 Å². The number of benzene rings is 3. The number of nitrogens with one attached hydrogen (secondary N) is 1. The standard InChI is InChI=1S/C25H26Cl2N2O6S/c1-25(2,3)35-23(31)15-29(36(33,34)22-13-19(26)12-20(27)14-22)21-7-6-16-10-18(5-4-17(16)11-21)24(32)28-8-9-30/h4-7,10-14,30H,8-9,15H2,1-3H3,(H,28,32). The summed E-state index contributed by atoms with van der Waals surface area (Å²) < 4.78 is 33.6. The van der Waals surface area contributed by atoms with E-state index in [4.69, 9.17) is 33.0 Å². The Bertz CT molecular complexity index is 1380. The van der Waals surface area contributed by atoms with Crippen LogP contribution >= 0.6 is 23.2 Å². The second kappa shape index (κ2) is 11.0. The highest BCUT2D eigenvalue weighted by Crippen LogP contribution is 2.31. The minimum atomic E-state index is -4.27. The fourth-order valence-electron chi connectivity index (χ4n) is 3.41. The highest BCUT2D eigenvalue weighted by molar-refractivity contribution is 7.92. The minimum Gasteiger partial charge on any atom is -0.459 e. The first-order chi connectivity index (χ1) is 16.8. The third-order valence-corrected chi connectivity index (χ3v) is 7.08. The van der Waals surface area contributed by atoms with Crippen LogP contribution < -0.4 is 9.62 Å². The molecule has 0 atom stereocenters. The van der Waals surface area contributed by atoms with Gasteiger partial charge in [-0.15, -0.1) is 0 Å². The van der Waals surface area contributed by atoms with E-state index in [0.29, 0.717) is 16.3 Å². The smallest absolute Gasteiger partial charge is 0.327 e. The second-order valence-electron chi connectivity index (χ2n) is 8.93. The highest BCUT2D eigenvalue weighted by atomic mass is 35.5. The normalized spacial score (nSPS) is 11.8. The minimum absolute atomic E-state index is 0.126. The molecule has 36 heavy (non-hydrogen) atoms. The molecule has 0 heterocycles. The van der Waals surface area contributed by atoms with Gasteiger partial charge in [0.2, 0.25) is 0 Å². The van der Waals surface area contributed by atoms with Crippen molar-refractivity contribution in [3.63, 3.8) is 0 Å². The molecule has 3 aromatic rings. The molecule has 11 heteroatoms. The zero-order valence-corrected chi connectivity index (χ0v) is 22.2. The number of anilines is 1. The van der Waals surface area contributed by atoms with Crippen LogP contribution in [0.25, 0.3) is 10.8 Å². The van der Waals surface area contributed by atoms with Gasteiger partial charge in [0.25, 0.3) is 15.9 Å². The van der Waals surface area contributed by atoms with E-state index in [-0.39, 0.29) is 39.7 Å². The third kappa shape index (κ3) is 6.88. The number of hydrogen-bond donors (Lipinski definition) is 2. The maximum absolute atomic E-state index is 13.6. The summed E-state index contributed by atoms with van der Waals surface area (Å²) in [5.41, 5.74) is -0.222. The van der Waals surface area contributed by atoms with Crippen LogP contribution in [0.4, 0.5) is 5.69 Å². The van der Waals surface area contributed by atoms with E-state index in [1.807, 2.05) is 0 Å². The van der Waals surface area contributed by atoms with Gasteiger partial charge in [-0.2, -0.15) is 0 Å². The zero-order chi connectivity index (χ0) is 26.7. The summed E-state index contributed by atoms with van der Waals surface area (Å²) in [6.45, 7) is 4.42. The summed E-state index contributed by atoms with van der Waals surface area (Å²) in [7, 11) is -4.27. The zero-order valence-electron chi connectivity index (χ0n) is 19.9. The summed E-state index contributed by atoms with van der Waals surface area (Å²) in [6.07, 6.45) is 0. The number of sulfonamides is 1. The fraction of sp³-hybridized carbons (Fsp3) is 0.280. The Kier molecular flexibility index (Phi) is 8.51. The van der Waals surface area contributed by atoms with E-state index in [1.165, 1.54) is 24.3 Å². The van der Waals surface area contributed by atoms with E-state index >= 15 is 0 Å². The number of esters is 1. The summed E-state index contributed by atoms with van der Waals surface area (Å²) >= 11 is 12.1. The van der Waals surface area contributed by atoms with E-state index in [0.717, 1.165) is 4.31 Å². The lowest BCUT2D eigenvalue weighted by Gasteiger charge is -2.26. The number of nitrogens with zero attached hydrogens (tertiary/aromatic N) is 1. The molecule has 8 nitrogen and oxygen atoms in total. The molecule has 0 bridgehead atoms. The third-order valence-electron chi connectivity index (χ3n) is 4.89. The number of carbonyl (C=O) groups is 2. The number of rotatable bonds is 8. The Morgan fingerprint density at radius 1 is 0.972 bits per heavy atom. The second-order valence-corrected chi connectivity index (χ2v) is 11.7. The van der Waals surface area contributed by atoms with Gasteiger partial charge in [-0.1, -0.05) is 35.3 Å². The maximum atomic E-state index is 13.6. The van der Waals surface area contributed by atoms with Crippen LogP contribution in [0, 0.1) is 0 Å². The molecule has 0 aliphatic carbocycles. The predicted octanol–water partition coefficient (Wildman–Crippen LogP) is 4.41. The van der Waals surface area contributed by atoms with Crippen LogP contribution in [0.1, 0.15) is 31.1 Å². The molecule has 2 N–H and O–H groups in total. The van der Waals surface area contributed by atoms with Crippen molar-refractivity contribution in [3.8, 4) is 0 Å². The number of hydrogen-bond acceptors (Lipinski definition) is 6. The van der Waals surface area contributed by atoms with Crippen molar-refractivity contribution in [2.24, 2.45) is 0 Å². The van der Waals surface area contributed by atoms with Crippen molar-refractivity contribution in [2.75, 3.05) is 24.0 Å². The van der Waals surface area contributed by atoms with Gasteiger partial charge >= 0.3 is 5.97 Å². The summed E-state index contributed by atoms with van der Waals surface area (Å²) in [5, 5.41) is 13.1. The summed E-state index contributed by atoms with van der Waals surface area (Å²) in [5.74, 6) is -1.09. The molecule has 3 aromatic carbocycles. The number of amides is 1. The van der Waals surface area contributed by atoms with E-state index in [1.54, 1.807) is 51.1 Å². The van der Waals surface area contributed by atoms with Crippen LogP contribution in [0.5, 0.6) is 0 Å². The van der Waals surface area contributed by atoms with Gasteiger partial charge in [-0.3, -0.25) is 13.9 Å². The average molecular weight is 553 g/mol. The lowest BCUT2D eigenvalue weighted by Crippen LogP contribution is -2.39. The SMILES string of the molecule is CC(C)(C)OC(=O)CN(c1ccc2cc(C(=O)NCCO)ccc2c1)S(=O)(=O)c1cc(Cl)cc(Cl)c1. The average Bonchev–Trinajstić information content (AvgIpc) is 2.78. The molecule has 0 aliphatic heterocycles. The van der Waals surface area contributed by atoms with Crippen molar-refractivity contribution in [1.82, 2.24) is 5.32 Å². The Morgan fingerprint density at radius 2 is 1.58 bits per heavy atom. The van der Waals surface area contributed by atoms with E-state index < -0.39 is 28.1 Å². The Morgan fingerprint density at radius 3 is 2.19 bits per heavy atom. The van der Waals surface area contributed by atoms with Crippen molar-refractivity contribution < 1.29 is 27.9 Å². The molecule has 3 rings (SSSR count). The van der Waals surface area contributed by atoms with E-state index in [2.05, 4.69) is 5.32 Å². The van der Waals surface area contributed by atoms with Gasteiger partial charge in [0.05, 0.1) is 17.2 Å². The molecule has 0 fully saturated rings. The van der Waals surface area contributed by atoms with Gasteiger partial charge in [-0.05, 0) is 74.0 Å². The van der Waals surface area contributed by atoms with Gasteiger partial charge in [0, 0.05) is 22.2 Å². The molecular weight excluding hydrogens is 527 g/mol. The first-order valence-corrected chi connectivity index (χ1v) is 13.1. The molecule has 0 aromatic heterocycles. The van der Waals surface area contributed by atoms with Crippen LogP contribution in [0.2, 0.25) is 10.0 Å². The molecule has 0 aliphatic rings. The number of aliphatic hydroxyl groups is 1. The van der Waals surface area contributed by atoms with Gasteiger partial charge in [-0.25, -0.2) is 8.42 Å². The lowest BCUT2D eigenvalue weighted by molar-refractivity contribution is -0.152. The first kappa shape index (κ1) is 27.7. The van der Waals surface area contributed by atoms with Crippen LogP contribution in [-0.4, -0.2) is 50.7 Å². The van der Waals surface area contributed by atoms with Crippen molar-refractivity contribution in [2.45, 2.75) is 31.3 Å². The number of halogens is 2. The van der Waals surface area contributed by atoms with Crippen LogP contribution in [0.15, 0.2) is 59.5 Å². The van der Waals surface area contributed by atoms with E-state index in [9.17, 15) is 18.0 Å². The molecular formula is C25H26Cl2N2O6S. The molecule has 0 saturated heterocycles. The molecule has 0 unspecified atom stereocenters. The van der Waals surface area contributed by atoms with Gasteiger partial charge in [0.15, 0.2) is 0 Å². The molecule has 0 radical (unpaired) electrons. The largest absolute Gasteiger partial charge is 0.459 e. The van der Waals surface area contributed by atoms with Gasteiger partial charge < -0.3 is 15.2 Å². The molecule has 1 amide bonds. The van der Waals surface area contributed by atoms with Gasteiger partial charge in [0.1, 0.15) is 12.1 Å². The van der Waals surface area contributed by atoms with Crippen molar-refractivity contribution in [1.29, 1.82) is 0 Å². The Balaban J connectivity index is 2.06. The lowest BCUT2D eigenvalue weighted by atomic mass is 10.1. The van der Waals surface area contributed by atoms with Crippen molar-refractivity contribution in [3.05, 3.63) is 70.2 Å². The monoisotopic (exact) mass is 552 g/mol. The number of ether oxygens (including phenoxy) is 1. The molecule has 0 saturated carbocycles. The summed E-state index contributed by atoms with van der Waals surface area (Å²) in [4.78, 5) is 24.7.